The fourth-order valence-corrected chi connectivity index (χ4v) is 2.79. The van der Waals surface area contributed by atoms with Gasteiger partial charge in [-0.15, -0.1) is 12.4 Å². The third kappa shape index (κ3) is 6.56. The molecule has 1 aromatic rings. The topological polar surface area (TPSA) is 89.3 Å². The van der Waals surface area contributed by atoms with Crippen molar-refractivity contribution >= 4 is 28.2 Å². The van der Waals surface area contributed by atoms with Crippen LogP contribution in [0.1, 0.15) is 12.8 Å². The van der Waals surface area contributed by atoms with E-state index in [0.29, 0.717) is 24.4 Å². The van der Waals surface area contributed by atoms with Gasteiger partial charge in [0.15, 0.2) is 9.84 Å². The summed E-state index contributed by atoms with van der Waals surface area (Å²) in [5, 5.41) is 2.62. The van der Waals surface area contributed by atoms with Crippen molar-refractivity contribution in [2.45, 2.75) is 17.7 Å². The number of hydrogen-bond acceptors (Lipinski definition) is 4. The molecule has 0 fully saturated rings. The molecule has 0 bridgehead atoms. The summed E-state index contributed by atoms with van der Waals surface area (Å²) in [5.74, 6) is -0.116. The molecule has 0 saturated carbocycles. The highest BCUT2D eigenvalue weighted by Gasteiger charge is 2.13. The summed E-state index contributed by atoms with van der Waals surface area (Å²) in [6.45, 7) is 0.652. The molecule has 19 heavy (non-hydrogen) atoms. The minimum atomic E-state index is -3.25. The standard InChI is InChI=1S/C12H18N2O3S.ClH/c13-8-7-12(15)14-9-4-10-18(16,17)11-5-2-1-3-6-11;/h1-3,5-6H,4,7-10,13H2,(H,14,15);1H. The maximum absolute atomic E-state index is 11.9. The van der Waals surface area contributed by atoms with Gasteiger partial charge in [0, 0.05) is 19.5 Å². The van der Waals surface area contributed by atoms with E-state index in [1.165, 1.54) is 0 Å². The lowest BCUT2D eigenvalue weighted by Crippen LogP contribution is -2.27. The molecule has 0 aliphatic carbocycles. The van der Waals surface area contributed by atoms with E-state index >= 15 is 0 Å². The van der Waals surface area contributed by atoms with Crippen molar-refractivity contribution in [3.05, 3.63) is 30.3 Å². The third-order valence-electron chi connectivity index (χ3n) is 2.39. The highest BCUT2D eigenvalue weighted by Crippen LogP contribution is 2.10. The fourth-order valence-electron chi connectivity index (χ4n) is 1.46. The van der Waals surface area contributed by atoms with E-state index in [2.05, 4.69) is 5.32 Å². The Balaban J connectivity index is 0.00000324. The van der Waals surface area contributed by atoms with Crippen molar-refractivity contribution in [2.24, 2.45) is 5.73 Å². The molecule has 0 spiro atoms. The number of sulfone groups is 1. The highest BCUT2D eigenvalue weighted by atomic mass is 35.5. The molecule has 1 rings (SSSR count). The molecule has 1 aromatic carbocycles. The van der Waals surface area contributed by atoms with Gasteiger partial charge < -0.3 is 11.1 Å². The number of carbonyl (C=O) groups is 1. The highest BCUT2D eigenvalue weighted by molar-refractivity contribution is 7.91. The lowest BCUT2D eigenvalue weighted by Gasteiger charge is -2.05. The number of nitrogens with one attached hydrogen (secondary N) is 1. The van der Waals surface area contributed by atoms with Crippen molar-refractivity contribution < 1.29 is 13.2 Å². The summed E-state index contributed by atoms with van der Waals surface area (Å²) in [7, 11) is -3.25. The lowest BCUT2D eigenvalue weighted by atomic mass is 10.4. The molecular weight excluding hydrogens is 288 g/mol. The molecule has 3 N–H and O–H groups in total. The van der Waals surface area contributed by atoms with Crippen LogP contribution in [0.4, 0.5) is 0 Å². The fraction of sp³-hybridized carbons (Fsp3) is 0.417. The van der Waals surface area contributed by atoms with Gasteiger partial charge in [0.25, 0.3) is 0 Å². The summed E-state index contributed by atoms with van der Waals surface area (Å²) >= 11 is 0. The maximum atomic E-state index is 11.9. The van der Waals surface area contributed by atoms with Gasteiger partial charge in [-0.05, 0) is 18.6 Å². The molecule has 0 radical (unpaired) electrons. The van der Waals surface area contributed by atoms with Crippen LogP contribution in [0, 0.1) is 0 Å². The second-order valence-electron chi connectivity index (χ2n) is 3.87. The summed E-state index contributed by atoms with van der Waals surface area (Å²) in [5.41, 5.74) is 5.22. The SMILES string of the molecule is Cl.NCCC(=O)NCCCS(=O)(=O)c1ccccc1. The summed E-state index contributed by atoms with van der Waals surface area (Å²) < 4.78 is 23.7. The number of hydrogen-bond donors (Lipinski definition) is 2. The van der Waals surface area contributed by atoms with Crippen LogP contribution in [0.2, 0.25) is 0 Å². The van der Waals surface area contributed by atoms with Crippen molar-refractivity contribution in [3.8, 4) is 0 Å². The van der Waals surface area contributed by atoms with Gasteiger partial charge in [0.2, 0.25) is 5.91 Å². The molecule has 0 saturated heterocycles. The van der Waals surface area contributed by atoms with Gasteiger partial charge in [-0.2, -0.15) is 0 Å². The molecule has 1 amide bonds. The summed E-state index contributed by atoms with van der Waals surface area (Å²) in [6.07, 6.45) is 0.666. The minimum Gasteiger partial charge on any atom is -0.356 e. The van der Waals surface area contributed by atoms with E-state index in [0.717, 1.165) is 0 Å². The van der Waals surface area contributed by atoms with Gasteiger partial charge in [0.1, 0.15) is 0 Å². The predicted octanol–water partition coefficient (Wildman–Crippen LogP) is 0.737. The Hall–Kier alpha value is -1.11. The average molecular weight is 307 g/mol. The molecule has 0 atom stereocenters. The van der Waals surface area contributed by atoms with Crippen molar-refractivity contribution in [2.75, 3.05) is 18.8 Å². The van der Waals surface area contributed by atoms with E-state index in [-0.39, 0.29) is 30.5 Å². The molecule has 0 heterocycles. The van der Waals surface area contributed by atoms with Crippen LogP contribution < -0.4 is 11.1 Å². The number of rotatable bonds is 7. The van der Waals surface area contributed by atoms with Crippen LogP contribution in [-0.2, 0) is 14.6 Å². The van der Waals surface area contributed by atoms with E-state index in [1.807, 2.05) is 0 Å². The number of halogens is 1. The van der Waals surface area contributed by atoms with Crippen LogP contribution in [0.25, 0.3) is 0 Å². The molecular formula is C12H19ClN2O3S. The largest absolute Gasteiger partial charge is 0.356 e. The van der Waals surface area contributed by atoms with Crippen LogP contribution in [0.3, 0.4) is 0 Å². The maximum Gasteiger partial charge on any atom is 0.221 e. The van der Waals surface area contributed by atoms with Gasteiger partial charge in [0.05, 0.1) is 10.6 Å². The zero-order chi connectivity index (χ0) is 13.4. The minimum absolute atomic E-state index is 0. The Morgan fingerprint density at radius 1 is 1.21 bits per heavy atom. The van der Waals surface area contributed by atoms with Gasteiger partial charge in [-0.3, -0.25) is 4.79 Å². The molecule has 0 aromatic heterocycles. The molecule has 7 heteroatoms. The first-order valence-corrected chi connectivity index (χ1v) is 7.46. The average Bonchev–Trinajstić information content (AvgIpc) is 2.36. The zero-order valence-corrected chi connectivity index (χ0v) is 12.2. The Morgan fingerprint density at radius 3 is 2.42 bits per heavy atom. The molecule has 0 aliphatic heterocycles. The Labute approximate surface area is 119 Å². The van der Waals surface area contributed by atoms with Crippen LogP contribution in [0.5, 0.6) is 0 Å². The normalized spacial score (nSPS) is 10.6. The van der Waals surface area contributed by atoms with Crippen LogP contribution >= 0.6 is 12.4 Å². The van der Waals surface area contributed by atoms with Crippen LogP contribution in [0.15, 0.2) is 35.2 Å². The van der Waals surface area contributed by atoms with Crippen molar-refractivity contribution in [3.63, 3.8) is 0 Å². The molecule has 5 nitrogen and oxygen atoms in total. The second kappa shape index (κ2) is 8.90. The Bertz CT molecular complexity index is 477. The van der Waals surface area contributed by atoms with Crippen molar-refractivity contribution in [1.29, 1.82) is 0 Å². The predicted molar refractivity (Wildman–Crippen MR) is 77.0 cm³/mol. The van der Waals surface area contributed by atoms with E-state index in [4.69, 9.17) is 5.73 Å². The molecule has 108 valence electrons. The molecule has 0 aliphatic rings. The summed E-state index contributed by atoms with van der Waals surface area (Å²) in [6, 6.07) is 8.29. The third-order valence-corrected chi connectivity index (χ3v) is 4.20. The molecule has 0 unspecified atom stereocenters. The van der Waals surface area contributed by atoms with Gasteiger partial charge in [-0.1, -0.05) is 18.2 Å². The van der Waals surface area contributed by atoms with Gasteiger partial charge >= 0.3 is 0 Å². The van der Waals surface area contributed by atoms with E-state index in [1.54, 1.807) is 30.3 Å². The van der Waals surface area contributed by atoms with Gasteiger partial charge in [-0.25, -0.2) is 8.42 Å². The van der Waals surface area contributed by atoms with E-state index in [9.17, 15) is 13.2 Å². The van der Waals surface area contributed by atoms with Crippen LogP contribution in [-0.4, -0.2) is 33.2 Å². The first kappa shape index (κ1) is 17.9. The summed E-state index contributed by atoms with van der Waals surface area (Å²) in [4.78, 5) is 11.4. The van der Waals surface area contributed by atoms with E-state index < -0.39 is 9.84 Å². The number of amides is 1. The Morgan fingerprint density at radius 2 is 1.84 bits per heavy atom. The lowest BCUT2D eigenvalue weighted by molar-refractivity contribution is -0.120. The smallest absolute Gasteiger partial charge is 0.221 e. The monoisotopic (exact) mass is 306 g/mol. The Kier molecular flexibility index (Phi) is 8.38. The first-order valence-electron chi connectivity index (χ1n) is 5.81. The number of benzene rings is 1. The van der Waals surface area contributed by atoms with Crippen molar-refractivity contribution in [1.82, 2.24) is 5.32 Å². The first-order chi connectivity index (χ1) is 8.56. The second-order valence-corrected chi connectivity index (χ2v) is 5.98. The number of nitrogens with two attached hydrogens (primary N) is 1. The zero-order valence-electron chi connectivity index (χ0n) is 10.5. The number of carbonyl (C=O) groups excluding carboxylic acids is 1. The quantitative estimate of drug-likeness (QED) is 0.727.